The van der Waals surface area contributed by atoms with E-state index in [0.29, 0.717) is 27.0 Å². The molecule has 0 aliphatic heterocycles. The number of benzene rings is 1. The van der Waals surface area contributed by atoms with E-state index in [0.717, 1.165) is 0 Å². The summed E-state index contributed by atoms with van der Waals surface area (Å²) in [6.45, 7) is -0.0798. The van der Waals surface area contributed by atoms with Crippen molar-refractivity contribution in [1.82, 2.24) is 9.97 Å². The van der Waals surface area contributed by atoms with E-state index in [2.05, 4.69) is 9.97 Å². The van der Waals surface area contributed by atoms with E-state index < -0.39 is 0 Å². The first kappa shape index (κ1) is 11.3. The van der Waals surface area contributed by atoms with Crippen LogP contribution in [0.2, 0.25) is 10.0 Å². The maximum atomic E-state index is 8.87. The smallest absolute Gasteiger partial charge is 0.160 e. The molecule has 0 fully saturated rings. The molecule has 0 bridgehead atoms. The molecular weight excluding hydrogens is 247 g/mol. The molecule has 1 aromatic heterocycles. The van der Waals surface area contributed by atoms with Gasteiger partial charge in [-0.15, -0.1) is 0 Å². The normalized spacial score (nSPS) is 10.4. The Balaban J connectivity index is 2.46. The molecule has 2 rings (SSSR count). The van der Waals surface area contributed by atoms with Gasteiger partial charge in [-0.05, 0) is 12.1 Å². The summed E-state index contributed by atoms with van der Waals surface area (Å²) in [5.74, 6) is 0.490. The summed E-state index contributed by atoms with van der Waals surface area (Å²) in [5, 5.41) is 9.77. The SMILES string of the molecule is OCc1cnc(-c2cccc(Cl)c2Cl)nc1. The molecule has 0 saturated carbocycles. The second-order valence-corrected chi connectivity index (χ2v) is 3.96. The summed E-state index contributed by atoms with van der Waals surface area (Å²) in [5.41, 5.74) is 1.33. The van der Waals surface area contributed by atoms with Crippen LogP contribution >= 0.6 is 23.2 Å². The third-order valence-corrected chi connectivity index (χ3v) is 2.90. The highest BCUT2D eigenvalue weighted by molar-refractivity contribution is 6.43. The lowest BCUT2D eigenvalue weighted by Crippen LogP contribution is -1.92. The van der Waals surface area contributed by atoms with Crippen molar-refractivity contribution in [3.63, 3.8) is 0 Å². The fourth-order valence-corrected chi connectivity index (χ4v) is 1.64. The van der Waals surface area contributed by atoms with Crippen molar-refractivity contribution in [3.05, 3.63) is 46.2 Å². The van der Waals surface area contributed by atoms with Crippen LogP contribution in [0.3, 0.4) is 0 Å². The Labute approximate surface area is 103 Å². The molecule has 1 aromatic carbocycles. The second-order valence-electron chi connectivity index (χ2n) is 3.17. The molecule has 0 radical (unpaired) electrons. The minimum Gasteiger partial charge on any atom is -0.392 e. The fourth-order valence-electron chi connectivity index (χ4n) is 1.25. The van der Waals surface area contributed by atoms with Crippen molar-refractivity contribution in [2.75, 3.05) is 0 Å². The Morgan fingerprint density at radius 1 is 1.12 bits per heavy atom. The molecule has 16 heavy (non-hydrogen) atoms. The standard InChI is InChI=1S/C11H8Cl2N2O/c12-9-3-1-2-8(10(9)13)11-14-4-7(6-16)5-15-11/h1-5,16H,6H2. The first-order valence-corrected chi connectivity index (χ1v) is 5.34. The molecule has 0 amide bonds. The van der Waals surface area contributed by atoms with Crippen molar-refractivity contribution >= 4 is 23.2 Å². The number of hydrogen-bond donors (Lipinski definition) is 1. The largest absolute Gasteiger partial charge is 0.392 e. The average Bonchev–Trinajstić information content (AvgIpc) is 2.33. The molecule has 5 heteroatoms. The van der Waals surface area contributed by atoms with E-state index in [1.807, 2.05) is 0 Å². The fraction of sp³-hybridized carbons (Fsp3) is 0.0909. The van der Waals surface area contributed by atoms with E-state index >= 15 is 0 Å². The number of aromatic nitrogens is 2. The molecule has 0 unspecified atom stereocenters. The van der Waals surface area contributed by atoms with Crippen molar-refractivity contribution in [2.24, 2.45) is 0 Å². The molecule has 1 heterocycles. The molecule has 0 saturated heterocycles. The summed E-state index contributed by atoms with van der Waals surface area (Å²) in [4.78, 5) is 8.22. The highest BCUT2D eigenvalue weighted by atomic mass is 35.5. The first-order chi connectivity index (χ1) is 7.72. The lowest BCUT2D eigenvalue weighted by Gasteiger charge is -2.04. The molecule has 3 nitrogen and oxygen atoms in total. The van der Waals surface area contributed by atoms with Gasteiger partial charge in [-0.2, -0.15) is 0 Å². The van der Waals surface area contributed by atoms with Crippen molar-refractivity contribution < 1.29 is 5.11 Å². The van der Waals surface area contributed by atoms with Crippen LogP contribution in [0.4, 0.5) is 0 Å². The lowest BCUT2D eigenvalue weighted by atomic mass is 10.2. The van der Waals surface area contributed by atoms with Gasteiger partial charge in [-0.1, -0.05) is 29.3 Å². The molecule has 0 aliphatic carbocycles. The lowest BCUT2D eigenvalue weighted by molar-refractivity contribution is 0.281. The Kier molecular flexibility index (Phi) is 3.39. The number of aliphatic hydroxyl groups is 1. The minimum atomic E-state index is -0.0798. The molecule has 1 N–H and O–H groups in total. The van der Waals surface area contributed by atoms with Crippen LogP contribution in [0.1, 0.15) is 5.56 Å². The van der Waals surface area contributed by atoms with Gasteiger partial charge in [0, 0.05) is 23.5 Å². The molecule has 2 aromatic rings. The van der Waals surface area contributed by atoms with E-state index in [1.54, 1.807) is 30.6 Å². The van der Waals surface area contributed by atoms with Crippen LogP contribution in [-0.4, -0.2) is 15.1 Å². The van der Waals surface area contributed by atoms with Gasteiger partial charge in [0.25, 0.3) is 0 Å². The maximum Gasteiger partial charge on any atom is 0.160 e. The highest BCUT2D eigenvalue weighted by Crippen LogP contribution is 2.31. The predicted octanol–water partition coefficient (Wildman–Crippen LogP) is 2.94. The molecule has 82 valence electrons. The summed E-state index contributed by atoms with van der Waals surface area (Å²) in [7, 11) is 0. The van der Waals surface area contributed by atoms with Gasteiger partial charge >= 0.3 is 0 Å². The van der Waals surface area contributed by atoms with E-state index in [-0.39, 0.29) is 6.61 Å². The van der Waals surface area contributed by atoms with E-state index in [9.17, 15) is 0 Å². The maximum absolute atomic E-state index is 8.87. The summed E-state index contributed by atoms with van der Waals surface area (Å²) >= 11 is 11.9. The zero-order valence-corrected chi connectivity index (χ0v) is 9.70. The van der Waals surface area contributed by atoms with E-state index in [4.69, 9.17) is 28.3 Å². The van der Waals surface area contributed by atoms with Crippen molar-refractivity contribution in [2.45, 2.75) is 6.61 Å². The number of nitrogens with zero attached hydrogens (tertiary/aromatic N) is 2. The predicted molar refractivity (Wildman–Crippen MR) is 63.4 cm³/mol. The van der Waals surface area contributed by atoms with Gasteiger partial charge in [0.15, 0.2) is 5.82 Å². The number of hydrogen-bond acceptors (Lipinski definition) is 3. The second kappa shape index (κ2) is 4.78. The van der Waals surface area contributed by atoms with Gasteiger partial charge in [0.2, 0.25) is 0 Å². The zero-order chi connectivity index (χ0) is 11.5. The van der Waals surface area contributed by atoms with Crippen molar-refractivity contribution in [1.29, 1.82) is 0 Å². The van der Waals surface area contributed by atoms with Crippen LogP contribution in [-0.2, 0) is 6.61 Å². The zero-order valence-electron chi connectivity index (χ0n) is 8.19. The molecule has 0 atom stereocenters. The van der Waals surface area contributed by atoms with Crippen LogP contribution in [0.5, 0.6) is 0 Å². The van der Waals surface area contributed by atoms with Gasteiger partial charge in [-0.3, -0.25) is 0 Å². The van der Waals surface area contributed by atoms with E-state index in [1.165, 1.54) is 0 Å². The molecule has 0 aliphatic rings. The van der Waals surface area contributed by atoms with Gasteiger partial charge in [0.1, 0.15) is 0 Å². The molecular formula is C11H8Cl2N2O. The average molecular weight is 255 g/mol. The molecule has 0 spiro atoms. The Bertz CT molecular complexity index is 500. The third kappa shape index (κ3) is 2.16. The highest BCUT2D eigenvalue weighted by Gasteiger charge is 2.08. The van der Waals surface area contributed by atoms with Crippen LogP contribution < -0.4 is 0 Å². The van der Waals surface area contributed by atoms with Gasteiger partial charge in [-0.25, -0.2) is 9.97 Å². The summed E-state index contributed by atoms with van der Waals surface area (Å²) in [6, 6.07) is 5.28. The van der Waals surface area contributed by atoms with Crippen LogP contribution in [0, 0.1) is 0 Å². The van der Waals surface area contributed by atoms with Crippen LogP contribution in [0.25, 0.3) is 11.4 Å². The van der Waals surface area contributed by atoms with Gasteiger partial charge < -0.3 is 5.11 Å². The number of halogens is 2. The quantitative estimate of drug-likeness (QED) is 0.897. The summed E-state index contributed by atoms with van der Waals surface area (Å²) < 4.78 is 0. The van der Waals surface area contributed by atoms with Crippen molar-refractivity contribution in [3.8, 4) is 11.4 Å². The minimum absolute atomic E-state index is 0.0798. The van der Waals surface area contributed by atoms with Gasteiger partial charge in [0.05, 0.1) is 16.7 Å². The summed E-state index contributed by atoms with van der Waals surface area (Å²) in [6.07, 6.45) is 3.11. The first-order valence-electron chi connectivity index (χ1n) is 4.58. The third-order valence-electron chi connectivity index (χ3n) is 2.08. The topological polar surface area (TPSA) is 46.0 Å². The number of rotatable bonds is 2. The number of aliphatic hydroxyl groups excluding tert-OH is 1. The Morgan fingerprint density at radius 3 is 2.44 bits per heavy atom. The monoisotopic (exact) mass is 254 g/mol. The van der Waals surface area contributed by atoms with Crippen LogP contribution in [0.15, 0.2) is 30.6 Å². The Morgan fingerprint density at radius 2 is 1.81 bits per heavy atom. The Hall–Kier alpha value is -1.16.